The van der Waals surface area contributed by atoms with Gasteiger partial charge in [-0.2, -0.15) is 0 Å². The molecule has 2 rings (SSSR count). The Balaban J connectivity index is 2.13. The van der Waals surface area contributed by atoms with Gasteiger partial charge in [0.25, 0.3) is 0 Å². The van der Waals surface area contributed by atoms with Crippen LogP contribution in [0.15, 0.2) is 30.6 Å². The fraction of sp³-hybridized carbons (Fsp3) is 0.400. The van der Waals surface area contributed by atoms with Gasteiger partial charge >= 0.3 is 0 Å². The Kier molecular flexibility index (Phi) is 4.40. The zero-order chi connectivity index (χ0) is 12.8. The van der Waals surface area contributed by atoms with E-state index in [-0.39, 0.29) is 5.78 Å². The molecule has 0 N–H and O–H groups in total. The molecule has 0 unspecified atom stereocenters. The van der Waals surface area contributed by atoms with Crippen molar-refractivity contribution in [2.75, 3.05) is 0 Å². The minimum atomic E-state index is 0.178. The van der Waals surface area contributed by atoms with Crippen LogP contribution < -0.4 is 0 Å². The summed E-state index contributed by atoms with van der Waals surface area (Å²) in [4.78, 5) is 20.6. The summed E-state index contributed by atoms with van der Waals surface area (Å²) in [6.07, 6.45) is 8.36. The van der Waals surface area contributed by atoms with Gasteiger partial charge in [-0.1, -0.05) is 32.3 Å². The molecule has 0 bridgehead atoms. The lowest BCUT2D eigenvalue weighted by atomic mass is 10.0. The van der Waals surface area contributed by atoms with Crippen LogP contribution in [0.4, 0.5) is 0 Å². The summed E-state index contributed by atoms with van der Waals surface area (Å²) in [5, 5.41) is 0. The Morgan fingerprint density at radius 2 is 1.94 bits per heavy atom. The molecule has 0 aliphatic heterocycles. The summed E-state index contributed by atoms with van der Waals surface area (Å²) < 4.78 is 0. The maximum absolute atomic E-state index is 12.2. The summed E-state index contributed by atoms with van der Waals surface area (Å²) in [5.41, 5.74) is 2.22. The van der Waals surface area contributed by atoms with Crippen molar-refractivity contribution in [2.45, 2.75) is 39.0 Å². The third-order valence-corrected chi connectivity index (χ3v) is 3.06. The number of para-hydroxylation sites is 1. The number of ketones is 1. The second-order valence-corrected chi connectivity index (χ2v) is 4.46. The van der Waals surface area contributed by atoms with E-state index in [0.717, 1.165) is 23.9 Å². The lowest BCUT2D eigenvalue weighted by Crippen LogP contribution is -2.01. The number of aromatic nitrogens is 2. The van der Waals surface area contributed by atoms with Crippen LogP contribution in [0.2, 0.25) is 0 Å². The Morgan fingerprint density at radius 3 is 2.78 bits per heavy atom. The van der Waals surface area contributed by atoms with Crippen molar-refractivity contribution in [2.24, 2.45) is 0 Å². The Bertz CT molecular complexity index is 532. The van der Waals surface area contributed by atoms with E-state index in [1.165, 1.54) is 12.8 Å². The summed E-state index contributed by atoms with van der Waals surface area (Å²) >= 11 is 0. The summed E-state index contributed by atoms with van der Waals surface area (Å²) in [7, 11) is 0. The van der Waals surface area contributed by atoms with Gasteiger partial charge in [0, 0.05) is 24.4 Å². The quantitative estimate of drug-likeness (QED) is 0.572. The predicted molar refractivity (Wildman–Crippen MR) is 72.6 cm³/mol. The number of benzene rings is 1. The van der Waals surface area contributed by atoms with E-state index >= 15 is 0 Å². The van der Waals surface area contributed by atoms with Crippen molar-refractivity contribution < 1.29 is 4.79 Å². The fourth-order valence-corrected chi connectivity index (χ4v) is 2.06. The minimum Gasteiger partial charge on any atom is -0.294 e. The monoisotopic (exact) mass is 242 g/mol. The first-order chi connectivity index (χ1) is 8.83. The Labute approximate surface area is 107 Å². The second-order valence-electron chi connectivity index (χ2n) is 4.46. The molecule has 0 atom stereocenters. The molecule has 1 aromatic carbocycles. The lowest BCUT2D eigenvalue weighted by molar-refractivity contribution is 0.0980. The standard InChI is InChI=1S/C15H18N2O/c1-2-3-4-5-9-14(18)12-7-6-8-13-15(12)17-11-10-16-13/h6-8,10-11H,2-5,9H2,1H3. The molecule has 2 aromatic rings. The first-order valence-corrected chi connectivity index (χ1v) is 6.56. The number of carbonyl (C=O) groups is 1. The molecule has 0 fully saturated rings. The molecule has 3 nitrogen and oxygen atoms in total. The van der Waals surface area contributed by atoms with Gasteiger partial charge in [-0.3, -0.25) is 14.8 Å². The maximum Gasteiger partial charge on any atom is 0.165 e. The number of fused-ring (bicyclic) bond motifs is 1. The van der Waals surface area contributed by atoms with Gasteiger partial charge in [-0.25, -0.2) is 0 Å². The highest BCUT2D eigenvalue weighted by Gasteiger charge is 2.10. The van der Waals surface area contributed by atoms with Crippen LogP contribution in [-0.2, 0) is 0 Å². The smallest absolute Gasteiger partial charge is 0.165 e. The number of hydrogen-bond donors (Lipinski definition) is 0. The van der Waals surface area contributed by atoms with Crippen molar-refractivity contribution in [1.29, 1.82) is 0 Å². The van der Waals surface area contributed by atoms with E-state index in [4.69, 9.17) is 0 Å². The van der Waals surface area contributed by atoms with Crippen LogP contribution >= 0.6 is 0 Å². The van der Waals surface area contributed by atoms with Gasteiger partial charge in [0.1, 0.15) is 0 Å². The van der Waals surface area contributed by atoms with Crippen molar-refractivity contribution >= 4 is 16.8 Å². The van der Waals surface area contributed by atoms with E-state index in [0.29, 0.717) is 12.0 Å². The topological polar surface area (TPSA) is 42.9 Å². The highest BCUT2D eigenvalue weighted by atomic mass is 16.1. The first kappa shape index (κ1) is 12.7. The molecule has 0 radical (unpaired) electrons. The number of rotatable bonds is 6. The van der Waals surface area contributed by atoms with Crippen LogP contribution in [-0.4, -0.2) is 15.8 Å². The average molecular weight is 242 g/mol. The number of Topliss-reactive ketones (excluding diaryl/α,β-unsaturated/α-hetero) is 1. The maximum atomic E-state index is 12.2. The zero-order valence-electron chi connectivity index (χ0n) is 10.7. The highest BCUT2D eigenvalue weighted by molar-refractivity contribution is 6.05. The molecule has 1 heterocycles. The van der Waals surface area contributed by atoms with E-state index in [1.54, 1.807) is 12.4 Å². The fourth-order valence-electron chi connectivity index (χ4n) is 2.06. The van der Waals surface area contributed by atoms with Crippen molar-refractivity contribution in [3.8, 4) is 0 Å². The van der Waals surface area contributed by atoms with Gasteiger partial charge < -0.3 is 0 Å². The third-order valence-electron chi connectivity index (χ3n) is 3.06. The number of hydrogen-bond acceptors (Lipinski definition) is 3. The molecule has 0 aliphatic carbocycles. The molecule has 0 saturated carbocycles. The van der Waals surface area contributed by atoms with Crippen LogP contribution in [0.25, 0.3) is 11.0 Å². The van der Waals surface area contributed by atoms with E-state index in [2.05, 4.69) is 16.9 Å². The van der Waals surface area contributed by atoms with Gasteiger partial charge in [-0.15, -0.1) is 0 Å². The number of unbranched alkanes of at least 4 members (excludes halogenated alkanes) is 3. The highest BCUT2D eigenvalue weighted by Crippen LogP contribution is 2.17. The molecule has 0 saturated heterocycles. The largest absolute Gasteiger partial charge is 0.294 e. The predicted octanol–water partition coefficient (Wildman–Crippen LogP) is 3.78. The summed E-state index contributed by atoms with van der Waals surface area (Å²) in [5.74, 6) is 0.178. The second kappa shape index (κ2) is 6.24. The number of carbonyl (C=O) groups excluding carboxylic acids is 1. The van der Waals surface area contributed by atoms with Gasteiger partial charge in [0.2, 0.25) is 0 Å². The zero-order valence-corrected chi connectivity index (χ0v) is 10.7. The van der Waals surface area contributed by atoms with E-state index < -0.39 is 0 Å². The molecule has 18 heavy (non-hydrogen) atoms. The molecular weight excluding hydrogens is 224 g/mol. The van der Waals surface area contributed by atoms with Gasteiger partial charge in [0.05, 0.1) is 11.0 Å². The Morgan fingerprint density at radius 1 is 1.11 bits per heavy atom. The van der Waals surface area contributed by atoms with Crippen LogP contribution in [0, 0.1) is 0 Å². The van der Waals surface area contributed by atoms with Gasteiger partial charge in [-0.05, 0) is 18.6 Å². The molecule has 0 amide bonds. The third kappa shape index (κ3) is 2.92. The van der Waals surface area contributed by atoms with Crippen molar-refractivity contribution in [3.63, 3.8) is 0 Å². The molecular formula is C15H18N2O. The van der Waals surface area contributed by atoms with Crippen molar-refractivity contribution in [1.82, 2.24) is 9.97 Å². The molecule has 1 aromatic heterocycles. The average Bonchev–Trinajstić information content (AvgIpc) is 2.43. The lowest BCUT2D eigenvalue weighted by Gasteiger charge is -2.04. The van der Waals surface area contributed by atoms with Crippen LogP contribution in [0.5, 0.6) is 0 Å². The van der Waals surface area contributed by atoms with Crippen LogP contribution in [0.1, 0.15) is 49.4 Å². The van der Waals surface area contributed by atoms with E-state index in [1.807, 2.05) is 18.2 Å². The van der Waals surface area contributed by atoms with Gasteiger partial charge in [0.15, 0.2) is 5.78 Å². The normalized spacial score (nSPS) is 10.7. The molecule has 3 heteroatoms. The molecule has 0 aliphatic rings. The SMILES string of the molecule is CCCCCCC(=O)c1cccc2nccnc12. The molecule has 0 spiro atoms. The number of nitrogens with zero attached hydrogens (tertiary/aromatic N) is 2. The Hall–Kier alpha value is -1.77. The van der Waals surface area contributed by atoms with Crippen LogP contribution in [0.3, 0.4) is 0 Å². The summed E-state index contributed by atoms with van der Waals surface area (Å²) in [6, 6.07) is 5.60. The first-order valence-electron chi connectivity index (χ1n) is 6.56. The van der Waals surface area contributed by atoms with Crippen molar-refractivity contribution in [3.05, 3.63) is 36.2 Å². The molecule has 94 valence electrons. The summed E-state index contributed by atoms with van der Waals surface area (Å²) in [6.45, 7) is 2.17. The van der Waals surface area contributed by atoms with E-state index in [9.17, 15) is 4.79 Å². The minimum absolute atomic E-state index is 0.178.